The van der Waals surface area contributed by atoms with E-state index in [9.17, 15) is 9.59 Å². The van der Waals surface area contributed by atoms with E-state index in [0.29, 0.717) is 11.1 Å². The van der Waals surface area contributed by atoms with E-state index in [0.717, 1.165) is 22.6 Å². The summed E-state index contributed by atoms with van der Waals surface area (Å²) in [5.74, 6) is 0.605. The molecule has 0 aliphatic heterocycles. The largest absolute Gasteiger partial charge is 0.491 e. The average Bonchev–Trinajstić information content (AvgIpc) is 3.50. The number of carbonyl (C=O) groups is 2. The first-order chi connectivity index (χ1) is 24.9. The van der Waals surface area contributed by atoms with Gasteiger partial charge in [0.1, 0.15) is 24.7 Å². The molecule has 0 saturated heterocycles. The molecule has 5 aromatic carbocycles. The van der Waals surface area contributed by atoms with Crippen molar-refractivity contribution in [3.8, 4) is 22.6 Å². The van der Waals surface area contributed by atoms with Crippen molar-refractivity contribution >= 4 is 11.9 Å². The summed E-state index contributed by atoms with van der Waals surface area (Å²) in [6.45, 7) is 0.255. The third kappa shape index (κ3) is 8.80. The third-order valence-electron chi connectivity index (χ3n) is 8.07. The van der Waals surface area contributed by atoms with E-state index in [1.807, 2.05) is 24.3 Å². The van der Waals surface area contributed by atoms with Gasteiger partial charge in [-0.3, -0.25) is 0 Å². The number of esters is 2. The van der Waals surface area contributed by atoms with Gasteiger partial charge in [0.05, 0.1) is 57.2 Å². The second kappa shape index (κ2) is 19.0. The summed E-state index contributed by atoms with van der Waals surface area (Å²) < 4.78 is 20.2. The lowest BCUT2D eigenvalue weighted by Crippen LogP contribution is -2.28. The van der Waals surface area contributed by atoms with Crippen LogP contribution in [0.15, 0.2) is 121 Å². The second-order valence-corrected chi connectivity index (χ2v) is 11.0. The fraction of sp³-hybridized carbons (Fsp3) is 0.220. The number of methoxy groups -OCH3 is 2. The zero-order chi connectivity index (χ0) is 36.6. The number of hydrogen-bond acceptors (Lipinski definition) is 10. The number of fused-ring (bicyclic) bond motifs is 3. The number of benzene rings is 5. The minimum Gasteiger partial charge on any atom is -0.491 e. The fourth-order valence-electron chi connectivity index (χ4n) is 5.93. The molecule has 0 amide bonds. The average molecular weight is 695 g/mol. The molecule has 0 spiro atoms. The molecule has 51 heavy (non-hydrogen) atoms. The van der Waals surface area contributed by atoms with Gasteiger partial charge in [0.15, 0.2) is 0 Å². The molecule has 0 unspecified atom stereocenters. The van der Waals surface area contributed by atoms with Gasteiger partial charge in [-0.1, -0.05) is 72.8 Å². The molecular formula is C41H42O10. The van der Waals surface area contributed by atoms with Crippen LogP contribution in [0.2, 0.25) is 0 Å². The molecular weight excluding hydrogens is 652 g/mol. The maximum absolute atomic E-state index is 11.0. The molecule has 0 fully saturated rings. The molecule has 6 rings (SSSR count). The van der Waals surface area contributed by atoms with Gasteiger partial charge < -0.3 is 39.4 Å². The number of ether oxygens (including phenoxy) is 4. The van der Waals surface area contributed by atoms with E-state index >= 15 is 0 Å². The first kappa shape index (κ1) is 38.3. The Bertz CT molecular complexity index is 1700. The van der Waals surface area contributed by atoms with Crippen molar-refractivity contribution < 1.29 is 49.0 Å². The summed E-state index contributed by atoms with van der Waals surface area (Å²) >= 11 is 0. The Balaban J connectivity index is 0.000000270. The van der Waals surface area contributed by atoms with Crippen LogP contribution in [-0.4, -0.2) is 86.2 Å². The molecule has 1 aliphatic rings. The van der Waals surface area contributed by atoms with Gasteiger partial charge in [0, 0.05) is 0 Å². The monoisotopic (exact) mass is 694 g/mol. The number of hydrogen-bond donors (Lipinski definition) is 4. The van der Waals surface area contributed by atoms with E-state index < -0.39 is 17.4 Å². The van der Waals surface area contributed by atoms with E-state index in [1.54, 1.807) is 0 Å². The van der Waals surface area contributed by atoms with Crippen LogP contribution < -0.4 is 9.47 Å². The first-order valence-corrected chi connectivity index (χ1v) is 16.3. The van der Waals surface area contributed by atoms with E-state index in [4.69, 9.17) is 29.9 Å². The molecule has 0 saturated carbocycles. The van der Waals surface area contributed by atoms with Crippen LogP contribution in [0.3, 0.4) is 0 Å². The lowest BCUT2D eigenvalue weighted by atomic mass is 9.68. The van der Waals surface area contributed by atoms with Crippen LogP contribution in [0.25, 0.3) is 11.1 Å². The van der Waals surface area contributed by atoms with Crippen molar-refractivity contribution in [3.05, 3.63) is 155 Å². The van der Waals surface area contributed by atoms with Gasteiger partial charge in [-0.15, -0.1) is 0 Å². The van der Waals surface area contributed by atoms with Crippen LogP contribution in [-0.2, 0) is 14.9 Å². The Morgan fingerprint density at radius 1 is 0.490 bits per heavy atom. The predicted molar refractivity (Wildman–Crippen MR) is 192 cm³/mol. The van der Waals surface area contributed by atoms with Crippen molar-refractivity contribution in [2.45, 2.75) is 5.41 Å². The summed E-state index contributed by atoms with van der Waals surface area (Å²) in [5.41, 5.74) is 7.53. The molecule has 4 N–H and O–H groups in total. The minimum atomic E-state index is -0.488. The Kier molecular flexibility index (Phi) is 14.3. The van der Waals surface area contributed by atoms with Crippen LogP contribution in [0.5, 0.6) is 11.5 Å². The first-order valence-electron chi connectivity index (χ1n) is 16.3. The highest BCUT2D eigenvalue weighted by atomic mass is 16.5. The molecule has 0 radical (unpaired) electrons. The van der Waals surface area contributed by atoms with Gasteiger partial charge in [-0.05, 0) is 81.9 Å². The van der Waals surface area contributed by atoms with Crippen molar-refractivity contribution in [1.29, 1.82) is 0 Å². The van der Waals surface area contributed by atoms with E-state index in [-0.39, 0.29) is 39.6 Å². The van der Waals surface area contributed by atoms with Gasteiger partial charge in [-0.25, -0.2) is 9.59 Å². The summed E-state index contributed by atoms with van der Waals surface area (Å²) in [4.78, 5) is 22.1. The Morgan fingerprint density at radius 2 is 0.843 bits per heavy atom. The molecule has 0 atom stereocenters. The van der Waals surface area contributed by atoms with Gasteiger partial charge in [0.25, 0.3) is 0 Å². The third-order valence-corrected chi connectivity index (χ3v) is 8.07. The highest BCUT2D eigenvalue weighted by Crippen LogP contribution is 2.56. The zero-order valence-corrected chi connectivity index (χ0v) is 28.5. The van der Waals surface area contributed by atoms with Gasteiger partial charge in [0.2, 0.25) is 0 Å². The van der Waals surface area contributed by atoms with Crippen molar-refractivity contribution in [1.82, 2.24) is 0 Å². The summed E-state index contributed by atoms with van der Waals surface area (Å²) in [5, 5.41) is 33.4. The lowest BCUT2D eigenvalue weighted by Gasteiger charge is -2.34. The SMILES string of the molecule is COC(=O)c1ccc(C(=O)OC)cc1.OCCO.OCCOc1ccc(C2(c3ccc(OCCO)cc3)c3ccccc3-c3ccccc32)cc1. The summed E-state index contributed by atoms with van der Waals surface area (Å²) in [7, 11) is 2.60. The van der Waals surface area contributed by atoms with Crippen LogP contribution in [0.1, 0.15) is 43.0 Å². The molecule has 10 nitrogen and oxygen atoms in total. The van der Waals surface area contributed by atoms with Crippen molar-refractivity contribution in [3.63, 3.8) is 0 Å². The molecule has 5 aromatic rings. The molecule has 266 valence electrons. The Morgan fingerprint density at radius 3 is 1.16 bits per heavy atom. The Labute approximate surface area is 297 Å². The van der Waals surface area contributed by atoms with Crippen molar-refractivity contribution in [2.75, 3.05) is 53.9 Å². The summed E-state index contributed by atoms with van der Waals surface area (Å²) in [6.07, 6.45) is 0. The normalized spacial score (nSPS) is 11.7. The molecule has 0 heterocycles. The zero-order valence-electron chi connectivity index (χ0n) is 28.5. The summed E-state index contributed by atoms with van der Waals surface area (Å²) in [6, 6.07) is 39.5. The van der Waals surface area contributed by atoms with E-state index in [1.165, 1.54) is 60.7 Å². The molecule has 0 aromatic heterocycles. The molecule has 0 bridgehead atoms. The van der Waals surface area contributed by atoms with Gasteiger partial charge >= 0.3 is 11.9 Å². The lowest BCUT2D eigenvalue weighted by molar-refractivity contribution is 0.0586. The quantitative estimate of drug-likeness (QED) is 0.136. The van der Waals surface area contributed by atoms with Crippen LogP contribution >= 0.6 is 0 Å². The maximum Gasteiger partial charge on any atom is 0.337 e. The highest BCUT2D eigenvalue weighted by molar-refractivity contribution is 5.93. The Hall–Kier alpha value is -5.52. The number of aliphatic hydroxyl groups is 4. The van der Waals surface area contributed by atoms with E-state index in [2.05, 4.69) is 82.3 Å². The minimum absolute atomic E-state index is 0.0167. The highest BCUT2D eigenvalue weighted by Gasteiger charge is 2.45. The number of aliphatic hydroxyl groups excluding tert-OH is 4. The number of carbonyl (C=O) groups excluding carboxylic acids is 2. The van der Waals surface area contributed by atoms with Crippen molar-refractivity contribution in [2.24, 2.45) is 0 Å². The van der Waals surface area contributed by atoms with Crippen LogP contribution in [0.4, 0.5) is 0 Å². The topological polar surface area (TPSA) is 152 Å². The molecule has 1 aliphatic carbocycles. The van der Waals surface area contributed by atoms with Gasteiger partial charge in [-0.2, -0.15) is 0 Å². The standard InChI is InChI=1S/C29H26O4.C10H10O4.C2H6O2/c30-17-19-32-23-13-9-21(10-14-23)29(22-11-15-24(16-12-22)33-20-18-31)27-7-3-1-5-25(27)26-6-2-4-8-28(26)29;1-13-9(11)7-3-5-8(6-4-7)10(12)14-2;3-1-2-4/h1-16,30-31H,17-20H2;3-6H,1-2H3;3-4H,1-2H2. The second-order valence-electron chi connectivity index (χ2n) is 11.0. The predicted octanol–water partition coefficient (Wildman–Crippen LogP) is 5.02. The van der Waals surface area contributed by atoms with Crippen LogP contribution in [0, 0.1) is 0 Å². The number of rotatable bonds is 11. The molecule has 10 heteroatoms. The smallest absolute Gasteiger partial charge is 0.337 e. The fourth-order valence-corrected chi connectivity index (χ4v) is 5.93. The maximum atomic E-state index is 11.0.